The number of imidazole rings is 1. The number of ether oxygens (including phenoxy) is 1. The van der Waals surface area contributed by atoms with E-state index in [0.29, 0.717) is 0 Å². The Bertz CT molecular complexity index is 1030. The second-order valence-electron chi connectivity index (χ2n) is 6.51. The molecule has 1 saturated heterocycles. The summed E-state index contributed by atoms with van der Waals surface area (Å²) in [5.41, 5.74) is 0.0733. The summed E-state index contributed by atoms with van der Waals surface area (Å²) < 4.78 is 21.8. The van der Waals surface area contributed by atoms with Gasteiger partial charge in [0.1, 0.15) is 30.7 Å². The molecule has 2 aromatic heterocycles. The van der Waals surface area contributed by atoms with Crippen molar-refractivity contribution in [1.29, 1.82) is 0 Å². The van der Waals surface area contributed by atoms with Gasteiger partial charge in [0.15, 0.2) is 23.2 Å². The van der Waals surface area contributed by atoms with Gasteiger partial charge in [-0.15, -0.1) is 0 Å². The van der Waals surface area contributed by atoms with Gasteiger partial charge in [0.05, 0.1) is 19.4 Å². The molecule has 0 bridgehead atoms. The molecule has 1 fully saturated rings. The van der Waals surface area contributed by atoms with Gasteiger partial charge >= 0.3 is 19.8 Å². The topological polar surface area (TPSA) is 387 Å². The normalized spacial score (nSPS) is 22.1. The second-order valence-corrected chi connectivity index (χ2v) is 7.75. The van der Waals surface area contributed by atoms with E-state index in [-0.39, 0.29) is 41.6 Å². The van der Waals surface area contributed by atoms with Crippen molar-refractivity contribution in [2.45, 2.75) is 37.0 Å². The molecule has 0 amide bonds. The summed E-state index contributed by atoms with van der Waals surface area (Å²) in [6.45, 7) is -0.705. The van der Waals surface area contributed by atoms with Crippen LogP contribution >= 0.6 is 7.82 Å². The molecular formula is C14H30N9O11P. The fourth-order valence-electron chi connectivity index (χ4n) is 2.95. The minimum atomic E-state index is -4.83. The second kappa shape index (κ2) is 13.3. The first-order valence-corrected chi connectivity index (χ1v) is 10.1. The SMILES string of the molecule is N.N.N.N.O=C(O)CC(Nc1ncnc2c1ncn2[C@@H]1O[C@H](COP(=O)(O)O)[C@@H](O)[C@H]1O)C(=O)O. The molecule has 2 aromatic rings. The van der Waals surface area contributed by atoms with Crippen LogP contribution in [0.15, 0.2) is 12.7 Å². The highest BCUT2D eigenvalue weighted by atomic mass is 31.2. The van der Waals surface area contributed by atoms with E-state index in [9.17, 15) is 29.5 Å². The van der Waals surface area contributed by atoms with Gasteiger partial charge in [-0.05, 0) is 0 Å². The van der Waals surface area contributed by atoms with E-state index in [1.165, 1.54) is 4.57 Å². The van der Waals surface area contributed by atoms with Crippen molar-refractivity contribution in [3.8, 4) is 0 Å². The van der Waals surface area contributed by atoms with E-state index in [1.54, 1.807) is 0 Å². The van der Waals surface area contributed by atoms with Crippen LogP contribution < -0.4 is 29.9 Å². The van der Waals surface area contributed by atoms with Crippen LogP contribution in [0.2, 0.25) is 0 Å². The summed E-state index contributed by atoms with van der Waals surface area (Å²) in [4.78, 5) is 51.6. The molecule has 19 N–H and O–H groups in total. The zero-order chi connectivity index (χ0) is 22.9. The number of aliphatic carboxylic acids is 2. The highest BCUT2D eigenvalue weighted by molar-refractivity contribution is 7.46. The molecule has 0 aromatic carbocycles. The van der Waals surface area contributed by atoms with Crippen LogP contribution in [-0.2, 0) is 23.4 Å². The number of hydrogen-bond donors (Lipinski definition) is 11. The average molecular weight is 531 g/mol. The summed E-state index contributed by atoms with van der Waals surface area (Å²) in [6, 6.07) is -1.51. The molecule has 21 heteroatoms. The van der Waals surface area contributed by atoms with Crippen LogP contribution in [0, 0.1) is 0 Å². The van der Waals surface area contributed by atoms with Crippen molar-refractivity contribution in [2.24, 2.45) is 0 Å². The number of anilines is 1. The van der Waals surface area contributed by atoms with Crippen LogP contribution in [0.25, 0.3) is 11.2 Å². The van der Waals surface area contributed by atoms with Crippen LogP contribution in [0.3, 0.4) is 0 Å². The maximum absolute atomic E-state index is 11.3. The maximum Gasteiger partial charge on any atom is 0.469 e. The Morgan fingerprint density at radius 3 is 2.29 bits per heavy atom. The number of aliphatic hydroxyl groups excluding tert-OH is 2. The lowest BCUT2D eigenvalue weighted by atomic mass is 10.1. The monoisotopic (exact) mass is 531 g/mol. The number of aromatic nitrogens is 4. The first kappa shape index (κ1) is 34.3. The van der Waals surface area contributed by atoms with Gasteiger partial charge < -0.3 is 64.9 Å². The van der Waals surface area contributed by atoms with Crippen LogP contribution in [0.4, 0.5) is 5.82 Å². The Labute approximate surface area is 196 Å². The molecule has 35 heavy (non-hydrogen) atoms. The lowest BCUT2D eigenvalue weighted by molar-refractivity contribution is -0.144. The van der Waals surface area contributed by atoms with Gasteiger partial charge in [-0.2, -0.15) is 0 Å². The predicted octanol–water partition coefficient (Wildman–Crippen LogP) is -1.46. The summed E-state index contributed by atoms with van der Waals surface area (Å²) in [5, 5.41) is 40.9. The summed E-state index contributed by atoms with van der Waals surface area (Å²) in [5.74, 6) is -2.87. The van der Waals surface area contributed by atoms with Gasteiger partial charge in [0, 0.05) is 0 Å². The highest BCUT2D eigenvalue weighted by Crippen LogP contribution is 2.39. The van der Waals surface area contributed by atoms with Crippen LogP contribution in [0.1, 0.15) is 12.6 Å². The Balaban J connectivity index is 0. The minimum absolute atomic E-state index is 0. The van der Waals surface area contributed by atoms with E-state index < -0.39 is 63.4 Å². The third kappa shape index (κ3) is 7.81. The standard InChI is InChI=1S/C14H18N5O11P.4H3N/c20-7(21)1-5(14(24)25)18-11-8-12(16-3-15-11)19(4-17-8)13-10(23)9(22)6(30-13)2-29-31(26,27)28;;;;/h3-6,9-10,13,22-23H,1-2H2,(H,20,21)(H,24,25)(H,15,16,18)(H2,26,27,28);4*1H3/t5?,6-,9-,10-,13-;;;;/m1..../s1. The third-order valence-corrected chi connectivity index (χ3v) is 4.85. The number of phosphoric ester groups is 1. The summed E-state index contributed by atoms with van der Waals surface area (Å²) in [7, 11) is -4.83. The first-order chi connectivity index (χ1) is 14.5. The molecule has 202 valence electrons. The Morgan fingerprint density at radius 1 is 1.11 bits per heavy atom. The Hall–Kier alpha value is -2.88. The molecule has 20 nitrogen and oxygen atoms in total. The van der Waals surface area contributed by atoms with Crippen molar-refractivity contribution >= 4 is 36.7 Å². The van der Waals surface area contributed by atoms with E-state index in [1.807, 2.05) is 0 Å². The molecule has 0 saturated carbocycles. The number of carboxylic acid groups (broad SMARTS) is 2. The molecule has 0 radical (unpaired) electrons. The van der Waals surface area contributed by atoms with Gasteiger partial charge in [0.25, 0.3) is 0 Å². The number of nitrogens with zero attached hydrogens (tertiary/aromatic N) is 4. The van der Waals surface area contributed by atoms with Crippen LogP contribution in [0.5, 0.6) is 0 Å². The number of aliphatic hydroxyl groups is 2. The van der Waals surface area contributed by atoms with Gasteiger partial charge in [0.2, 0.25) is 0 Å². The fraction of sp³-hybridized carbons (Fsp3) is 0.500. The molecule has 0 aliphatic carbocycles. The van der Waals surface area contributed by atoms with E-state index in [2.05, 4.69) is 24.8 Å². The highest BCUT2D eigenvalue weighted by Gasteiger charge is 2.45. The molecule has 0 spiro atoms. The van der Waals surface area contributed by atoms with Gasteiger partial charge in [-0.25, -0.2) is 24.3 Å². The third-order valence-electron chi connectivity index (χ3n) is 4.36. The smallest absolute Gasteiger partial charge is 0.469 e. The minimum Gasteiger partial charge on any atom is -0.481 e. The number of nitrogens with one attached hydrogen (secondary N) is 1. The fourth-order valence-corrected chi connectivity index (χ4v) is 3.29. The number of rotatable bonds is 9. The number of carboxylic acids is 2. The van der Waals surface area contributed by atoms with Gasteiger partial charge in [-0.1, -0.05) is 0 Å². The molecule has 1 unspecified atom stereocenters. The van der Waals surface area contributed by atoms with E-state index in [0.717, 1.165) is 12.7 Å². The van der Waals surface area contributed by atoms with E-state index >= 15 is 0 Å². The lowest BCUT2D eigenvalue weighted by Gasteiger charge is -2.17. The van der Waals surface area contributed by atoms with Crippen molar-refractivity contribution in [3.05, 3.63) is 12.7 Å². The Morgan fingerprint density at radius 2 is 1.74 bits per heavy atom. The quantitative estimate of drug-likeness (QED) is 0.164. The molecule has 3 rings (SSSR count). The number of carbonyl (C=O) groups is 2. The number of hydrogen-bond acceptors (Lipinski definition) is 15. The zero-order valence-corrected chi connectivity index (χ0v) is 19.1. The van der Waals surface area contributed by atoms with Crippen molar-refractivity contribution < 1.29 is 53.6 Å². The summed E-state index contributed by atoms with van der Waals surface area (Å²) in [6.07, 6.45) is -4.20. The van der Waals surface area contributed by atoms with E-state index in [4.69, 9.17) is 19.6 Å². The molecule has 5 atom stereocenters. The van der Waals surface area contributed by atoms with Crippen molar-refractivity contribution in [1.82, 2.24) is 44.1 Å². The van der Waals surface area contributed by atoms with Crippen molar-refractivity contribution in [3.63, 3.8) is 0 Å². The van der Waals surface area contributed by atoms with Crippen LogP contribution in [-0.4, -0.2) is 92.6 Å². The Kier molecular flexibility index (Phi) is 13.0. The predicted molar refractivity (Wildman–Crippen MR) is 117 cm³/mol. The number of fused-ring (bicyclic) bond motifs is 1. The van der Waals surface area contributed by atoms with Crippen molar-refractivity contribution in [2.75, 3.05) is 11.9 Å². The molecule has 3 heterocycles. The lowest BCUT2D eigenvalue weighted by Crippen LogP contribution is -2.33. The van der Waals surface area contributed by atoms with Gasteiger partial charge in [-0.3, -0.25) is 13.9 Å². The molecule has 1 aliphatic heterocycles. The summed E-state index contributed by atoms with van der Waals surface area (Å²) >= 11 is 0. The molecular weight excluding hydrogens is 501 g/mol. The molecule has 1 aliphatic rings. The maximum atomic E-state index is 11.3. The zero-order valence-electron chi connectivity index (χ0n) is 18.2. The average Bonchev–Trinajstić information content (AvgIpc) is 3.21. The first-order valence-electron chi connectivity index (χ1n) is 8.58. The largest absolute Gasteiger partial charge is 0.481 e. The number of phosphoric acid groups is 1.